The molecule has 7 N–H and O–H groups in total. The first-order chi connectivity index (χ1) is 12.1. The van der Waals surface area contributed by atoms with E-state index in [2.05, 4.69) is 10.6 Å². The van der Waals surface area contributed by atoms with Gasteiger partial charge < -0.3 is 27.2 Å². The maximum Gasteiger partial charge on any atom is 0.303 e. The van der Waals surface area contributed by atoms with Crippen molar-refractivity contribution >= 4 is 35.5 Å². The standard InChI is InChI=1S/C16H30N4O5S/c1-4-9(2)13(14(18)23)20-16(25)11(7-8-26-3)19-15(24)10(17)5-6-12(21)22/h9-11,13H,4-8,17H2,1-3H3,(H2,18,23)(H,19,24)(H,20,25)(H,21,22)/t9-,10-,11-,13-/m0/s1. The lowest BCUT2D eigenvalue weighted by atomic mass is 9.98. The predicted octanol–water partition coefficient (Wildman–Crippen LogP) is -0.567. The van der Waals surface area contributed by atoms with Crippen molar-refractivity contribution in [1.82, 2.24) is 10.6 Å². The van der Waals surface area contributed by atoms with Crippen LogP contribution in [0.25, 0.3) is 0 Å². The number of hydrogen-bond acceptors (Lipinski definition) is 6. The SMILES string of the molecule is CC[C@H](C)[C@H](NC(=O)[C@H](CCSC)NC(=O)[C@@H](N)CCC(=O)O)C(N)=O. The summed E-state index contributed by atoms with van der Waals surface area (Å²) in [5.74, 6) is -2.35. The van der Waals surface area contributed by atoms with Crippen LogP contribution >= 0.6 is 11.8 Å². The first kappa shape index (κ1) is 24.2. The second-order valence-electron chi connectivity index (χ2n) is 6.16. The fourth-order valence-corrected chi connectivity index (χ4v) is 2.65. The second-order valence-corrected chi connectivity index (χ2v) is 7.14. The first-order valence-corrected chi connectivity index (χ1v) is 9.89. The number of nitrogens with one attached hydrogen (secondary N) is 2. The van der Waals surface area contributed by atoms with Crippen LogP contribution in [-0.2, 0) is 19.2 Å². The zero-order chi connectivity index (χ0) is 20.3. The van der Waals surface area contributed by atoms with Crippen molar-refractivity contribution in [3.63, 3.8) is 0 Å². The molecule has 9 nitrogen and oxygen atoms in total. The number of carbonyl (C=O) groups excluding carboxylic acids is 3. The molecular weight excluding hydrogens is 360 g/mol. The lowest BCUT2D eigenvalue weighted by Crippen LogP contribution is -2.56. The Kier molecular flexibility index (Phi) is 11.7. The van der Waals surface area contributed by atoms with E-state index in [4.69, 9.17) is 16.6 Å². The zero-order valence-electron chi connectivity index (χ0n) is 15.5. The van der Waals surface area contributed by atoms with Gasteiger partial charge in [-0.3, -0.25) is 19.2 Å². The number of aliphatic carboxylic acids is 1. The Bertz CT molecular complexity index is 503. The van der Waals surface area contributed by atoms with E-state index in [1.54, 1.807) is 6.92 Å². The highest BCUT2D eigenvalue weighted by Gasteiger charge is 2.29. The minimum absolute atomic E-state index is 0.0329. The van der Waals surface area contributed by atoms with Crippen LogP contribution in [0, 0.1) is 5.92 Å². The largest absolute Gasteiger partial charge is 0.481 e. The third-order valence-electron chi connectivity index (χ3n) is 4.07. The summed E-state index contributed by atoms with van der Waals surface area (Å²) in [5.41, 5.74) is 11.0. The lowest BCUT2D eigenvalue weighted by Gasteiger charge is -2.25. The molecule has 26 heavy (non-hydrogen) atoms. The number of carbonyl (C=O) groups is 4. The van der Waals surface area contributed by atoms with Crippen LogP contribution in [0.3, 0.4) is 0 Å². The van der Waals surface area contributed by atoms with Crippen molar-refractivity contribution in [2.45, 2.75) is 57.7 Å². The van der Waals surface area contributed by atoms with Crippen LogP contribution in [-0.4, -0.2) is 58.9 Å². The summed E-state index contributed by atoms with van der Waals surface area (Å²) in [6.45, 7) is 3.67. The van der Waals surface area contributed by atoms with Gasteiger partial charge in [0.2, 0.25) is 17.7 Å². The predicted molar refractivity (Wildman–Crippen MR) is 100 cm³/mol. The normalized spacial score (nSPS) is 15.4. The van der Waals surface area contributed by atoms with E-state index in [1.165, 1.54) is 11.8 Å². The van der Waals surface area contributed by atoms with Gasteiger partial charge >= 0.3 is 5.97 Å². The summed E-state index contributed by atoms with van der Waals surface area (Å²) in [6, 6.07) is -2.74. The highest BCUT2D eigenvalue weighted by molar-refractivity contribution is 7.98. The van der Waals surface area contributed by atoms with Gasteiger partial charge in [0.15, 0.2) is 0 Å². The third kappa shape index (κ3) is 9.04. The molecule has 0 aliphatic carbocycles. The van der Waals surface area contributed by atoms with Gasteiger partial charge in [-0.2, -0.15) is 11.8 Å². The van der Waals surface area contributed by atoms with Gasteiger partial charge in [-0.15, -0.1) is 0 Å². The van der Waals surface area contributed by atoms with Crippen LogP contribution in [0.5, 0.6) is 0 Å². The molecule has 0 aliphatic rings. The molecule has 3 amide bonds. The topological polar surface area (TPSA) is 165 Å². The van der Waals surface area contributed by atoms with E-state index in [1.807, 2.05) is 13.2 Å². The highest BCUT2D eigenvalue weighted by atomic mass is 32.2. The second kappa shape index (κ2) is 12.5. The molecule has 0 spiro atoms. The molecule has 0 rings (SSSR count). The molecule has 10 heteroatoms. The van der Waals surface area contributed by atoms with Crippen LogP contribution < -0.4 is 22.1 Å². The van der Waals surface area contributed by atoms with Gasteiger partial charge in [-0.05, 0) is 30.8 Å². The molecule has 0 aromatic carbocycles. The molecule has 0 fully saturated rings. The van der Waals surface area contributed by atoms with E-state index in [9.17, 15) is 19.2 Å². The summed E-state index contributed by atoms with van der Waals surface area (Å²) in [4.78, 5) is 46.8. The number of primary amides is 1. The molecule has 0 aromatic heterocycles. The minimum atomic E-state index is -1.05. The molecule has 0 saturated carbocycles. The van der Waals surface area contributed by atoms with Crippen molar-refractivity contribution in [3.8, 4) is 0 Å². The number of amides is 3. The lowest BCUT2D eigenvalue weighted by molar-refractivity contribution is -0.137. The Balaban J connectivity index is 4.99. The quantitative estimate of drug-likeness (QED) is 0.281. The van der Waals surface area contributed by atoms with Crippen molar-refractivity contribution in [1.29, 1.82) is 0 Å². The monoisotopic (exact) mass is 390 g/mol. The number of nitrogens with two attached hydrogens (primary N) is 2. The molecule has 0 aromatic rings. The Hall–Kier alpha value is -1.81. The van der Waals surface area contributed by atoms with E-state index >= 15 is 0 Å². The van der Waals surface area contributed by atoms with Gasteiger partial charge in [0.05, 0.1) is 6.04 Å². The maximum atomic E-state index is 12.5. The van der Waals surface area contributed by atoms with Crippen LogP contribution in [0.4, 0.5) is 0 Å². The fourth-order valence-electron chi connectivity index (χ4n) is 2.18. The molecule has 0 heterocycles. The van der Waals surface area contributed by atoms with Crippen molar-refractivity contribution in [3.05, 3.63) is 0 Å². The Morgan fingerprint density at radius 1 is 1.12 bits per heavy atom. The number of hydrogen-bond donors (Lipinski definition) is 5. The third-order valence-corrected chi connectivity index (χ3v) is 4.71. The summed E-state index contributed by atoms with van der Waals surface area (Å²) >= 11 is 1.50. The minimum Gasteiger partial charge on any atom is -0.481 e. The van der Waals surface area contributed by atoms with Gasteiger partial charge in [-0.1, -0.05) is 20.3 Å². The maximum absolute atomic E-state index is 12.5. The van der Waals surface area contributed by atoms with E-state index in [-0.39, 0.29) is 18.8 Å². The summed E-state index contributed by atoms with van der Waals surface area (Å²) in [6.07, 6.45) is 2.58. The van der Waals surface area contributed by atoms with Gasteiger partial charge in [-0.25, -0.2) is 0 Å². The van der Waals surface area contributed by atoms with Crippen molar-refractivity contribution in [2.24, 2.45) is 17.4 Å². The average Bonchev–Trinajstić information content (AvgIpc) is 2.59. The summed E-state index contributed by atoms with van der Waals surface area (Å²) in [5, 5.41) is 13.8. The average molecular weight is 391 g/mol. The van der Waals surface area contributed by atoms with Crippen molar-refractivity contribution < 1.29 is 24.3 Å². The Labute approximate surface area is 158 Å². The zero-order valence-corrected chi connectivity index (χ0v) is 16.3. The smallest absolute Gasteiger partial charge is 0.303 e. The highest BCUT2D eigenvalue weighted by Crippen LogP contribution is 2.09. The number of carboxylic acid groups (broad SMARTS) is 1. The number of carboxylic acids is 1. The molecule has 0 radical (unpaired) electrons. The Morgan fingerprint density at radius 3 is 2.19 bits per heavy atom. The number of thioether (sulfide) groups is 1. The molecule has 0 unspecified atom stereocenters. The van der Waals surface area contributed by atoms with E-state index in [0.717, 1.165) is 0 Å². The van der Waals surface area contributed by atoms with E-state index < -0.39 is 41.8 Å². The molecule has 4 atom stereocenters. The van der Waals surface area contributed by atoms with Crippen molar-refractivity contribution in [2.75, 3.05) is 12.0 Å². The molecular formula is C16H30N4O5S. The van der Waals surface area contributed by atoms with Gasteiger partial charge in [0.25, 0.3) is 0 Å². The molecule has 0 aliphatic heterocycles. The molecule has 150 valence electrons. The first-order valence-electron chi connectivity index (χ1n) is 8.50. The number of rotatable bonds is 13. The fraction of sp³-hybridized carbons (Fsp3) is 0.750. The molecule has 0 bridgehead atoms. The van der Waals surface area contributed by atoms with E-state index in [0.29, 0.717) is 18.6 Å². The van der Waals surface area contributed by atoms with Gasteiger partial charge in [0.1, 0.15) is 12.1 Å². The van der Waals surface area contributed by atoms with Gasteiger partial charge in [0, 0.05) is 6.42 Å². The summed E-state index contributed by atoms with van der Waals surface area (Å²) < 4.78 is 0. The Morgan fingerprint density at radius 2 is 1.73 bits per heavy atom. The van der Waals surface area contributed by atoms with Crippen LogP contribution in [0.1, 0.15) is 39.5 Å². The van der Waals surface area contributed by atoms with Crippen LogP contribution in [0.2, 0.25) is 0 Å². The molecule has 0 saturated heterocycles. The van der Waals surface area contributed by atoms with Crippen LogP contribution in [0.15, 0.2) is 0 Å². The summed E-state index contributed by atoms with van der Waals surface area (Å²) in [7, 11) is 0.